The summed E-state index contributed by atoms with van der Waals surface area (Å²) < 4.78 is 16.9. The maximum Gasteiger partial charge on any atom is 0.141 e. The van der Waals surface area contributed by atoms with Gasteiger partial charge in [0, 0.05) is 6.54 Å². The zero-order chi connectivity index (χ0) is 9.52. The van der Waals surface area contributed by atoms with Crippen LogP contribution in [-0.2, 0) is 0 Å². The van der Waals surface area contributed by atoms with E-state index in [0.29, 0.717) is 13.0 Å². The lowest BCUT2D eigenvalue weighted by molar-refractivity contribution is 0.416. The summed E-state index contributed by atoms with van der Waals surface area (Å²) in [6, 6.07) is 7.61. The molecule has 0 aliphatic heterocycles. The van der Waals surface area contributed by atoms with Crippen LogP contribution in [0.15, 0.2) is 24.3 Å². The van der Waals surface area contributed by atoms with Crippen LogP contribution in [0.3, 0.4) is 0 Å². The first kappa shape index (κ1) is 9.84. The van der Waals surface area contributed by atoms with E-state index in [-0.39, 0.29) is 6.67 Å². The molecule has 0 heterocycles. The number of hydrogen-bond donors (Lipinski definition) is 1. The van der Waals surface area contributed by atoms with Crippen molar-refractivity contribution in [2.45, 2.75) is 6.42 Å². The highest BCUT2D eigenvalue weighted by Crippen LogP contribution is 2.22. The van der Waals surface area contributed by atoms with E-state index in [2.05, 4.69) is 5.32 Å². The number of benzene rings is 1. The third kappa shape index (κ3) is 2.93. The van der Waals surface area contributed by atoms with Gasteiger partial charge in [0.15, 0.2) is 0 Å². The van der Waals surface area contributed by atoms with E-state index in [1.54, 1.807) is 7.11 Å². The van der Waals surface area contributed by atoms with Crippen LogP contribution in [0.1, 0.15) is 6.42 Å². The third-order valence-corrected chi connectivity index (χ3v) is 1.73. The minimum Gasteiger partial charge on any atom is -0.495 e. The predicted octanol–water partition coefficient (Wildman–Crippen LogP) is 2.47. The molecule has 0 aromatic heterocycles. The molecule has 3 heteroatoms. The average Bonchev–Trinajstić information content (AvgIpc) is 2.19. The number of ether oxygens (including phenoxy) is 1. The fourth-order valence-corrected chi connectivity index (χ4v) is 1.08. The van der Waals surface area contributed by atoms with Crippen LogP contribution in [0, 0.1) is 0 Å². The van der Waals surface area contributed by atoms with Gasteiger partial charge in [0.1, 0.15) is 5.75 Å². The summed E-state index contributed by atoms with van der Waals surface area (Å²) in [5, 5.41) is 3.10. The Balaban J connectivity index is 2.54. The summed E-state index contributed by atoms with van der Waals surface area (Å²) in [6.45, 7) is 0.346. The summed E-state index contributed by atoms with van der Waals surface area (Å²) in [4.78, 5) is 0. The van der Waals surface area contributed by atoms with Gasteiger partial charge in [0.25, 0.3) is 0 Å². The predicted molar refractivity (Wildman–Crippen MR) is 52.1 cm³/mol. The van der Waals surface area contributed by atoms with Crippen LogP contribution >= 0.6 is 0 Å². The van der Waals surface area contributed by atoms with E-state index in [9.17, 15) is 4.39 Å². The van der Waals surface area contributed by atoms with Crippen molar-refractivity contribution in [2.75, 3.05) is 25.6 Å². The molecular weight excluding hydrogens is 169 g/mol. The highest BCUT2D eigenvalue weighted by Gasteiger charge is 1.98. The Hall–Kier alpha value is -1.25. The lowest BCUT2D eigenvalue weighted by Crippen LogP contribution is -2.03. The minimum absolute atomic E-state index is 0.290. The number of nitrogens with one attached hydrogen (secondary N) is 1. The van der Waals surface area contributed by atoms with Crippen molar-refractivity contribution < 1.29 is 9.13 Å². The Bertz CT molecular complexity index is 252. The van der Waals surface area contributed by atoms with Gasteiger partial charge in [-0.15, -0.1) is 0 Å². The maximum atomic E-state index is 11.8. The molecule has 1 N–H and O–H groups in total. The highest BCUT2D eigenvalue weighted by atomic mass is 19.1. The number of methoxy groups -OCH3 is 1. The molecule has 0 atom stereocenters. The highest BCUT2D eigenvalue weighted by molar-refractivity contribution is 5.55. The molecular formula is C10H14FNO. The van der Waals surface area contributed by atoms with E-state index in [4.69, 9.17) is 4.74 Å². The molecule has 13 heavy (non-hydrogen) atoms. The molecule has 0 spiro atoms. The molecule has 2 nitrogen and oxygen atoms in total. The quantitative estimate of drug-likeness (QED) is 0.708. The number of halogens is 1. The second kappa shape index (κ2) is 5.41. The van der Waals surface area contributed by atoms with Gasteiger partial charge in [-0.25, -0.2) is 0 Å². The smallest absolute Gasteiger partial charge is 0.141 e. The van der Waals surface area contributed by atoms with Crippen molar-refractivity contribution in [3.05, 3.63) is 24.3 Å². The fraction of sp³-hybridized carbons (Fsp3) is 0.400. The van der Waals surface area contributed by atoms with Crippen molar-refractivity contribution in [2.24, 2.45) is 0 Å². The summed E-state index contributed by atoms with van der Waals surface area (Å²) in [5.74, 6) is 0.793. The minimum atomic E-state index is -0.290. The molecule has 0 amide bonds. The van der Waals surface area contributed by atoms with Crippen LogP contribution in [0.2, 0.25) is 0 Å². The van der Waals surface area contributed by atoms with Gasteiger partial charge in [-0.3, -0.25) is 4.39 Å². The van der Waals surface area contributed by atoms with Crippen molar-refractivity contribution in [1.82, 2.24) is 0 Å². The molecule has 0 aliphatic rings. The number of anilines is 1. The molecule has 1 aromatic rings. The molecule has 0 bridgehead atoms. The normalized spacial score (nSPS) is 9.69. The average molecular weight is 183 g/mol. The number of alkyl halides is 1. The first-order valence-corrected chi connectivity index (χ1v) is 4.31. The lowest BCUT2D eigenvalue weighted by atomic mass is 10.3. The monoisotopic (exact) mass is 183 g/mol. The van der Waals surface area contributed by atoms with E-state index < -0.39 is 0 Å². The van der Waals surface area contributed by atoms with Crippen molar-refractivity contribution in [3.63, 3.8) is 0 Å². The second-order valence-corrected chi connectivity index (χ2v) is 2.67. The number of rotatable bonds is 5. The van der Waals surface area contributed by atoms with Crippen LogP contribution in [0.4, 0.5) is 10.1 Å². The lowest BCUT2D eigenvalue weighted by Gasteiger charge is -2.09. The van der Waals surface area contributed by atoms with Gasteiger partial charge in [-0.05, 0) is 18.6 Å². The maximum absolute atomic E-state index is 11.8. The van der Waals surface area contributed by atoms with Gasteiger partial charge < -0.3 is 10.1 Å². The Kier molecular flexibility index (Phi) is 4.09. The second-order valence-electron chi connectivity index (χ2n) is 2.67. The van der Waals surface area contributed by atoms with Crippen LogP contribution < -0.4 is 10.1 Å². The third-order valence-electron chi connectivity index (χ3n) is 1.73. The SMILES string of the molecule is COc1ccccc1NCCCF. The molecule has 0 unspecified atom stereocenters. The molecule has 72 valence electrons. The summed E-state index contributed by atoms with van der Waals surface area (Å²) in [6.07, 6.45) is 0.526. The van der Waals surface area contributed by atoms with Gasteiger partial charge >= 0.3 is 0 Å². The summed E-state index contributed by atoms with van der Waals surface area (Å²) >= 11 is 0. The van der Waals surface area contributed by atoms with Crippen LogP contribution in [0.5, 0.6) is 5.75 Å². The molecule has 0 saturated heterocycles. The summed E-state index contributed by atoms with van der Waals surface area (Å²) in [7, 11) is 1.62. The van der Waals surface area contributed by atoms with E-state index in [0.717, 1.165) is 11.4 Å². The van der Waals surface area contributed by atoms with Gasteiger partial charge in [0.05, 0.1) is 19.5 Å². The Labute approximate surface area is 77.7 Å². The Morgan fingerprint density at radius 1 is 1.38 bits per heavy atom. The number of hydrogen-bond acceptors (Lipinski definition) is 2. The first-order valence-electron chi connectivity index (χ1n) is 4.31. The largest absolute Gasteiger partial charge is 0.495 e. The standard InChI is InChI=1S/C10H14FNO/c1-13-10-6-3-2-5-9(10)12-8-4-7-11/h2-3,5-6,12H,4,7-8H2,1H3. The van der Waals surface area contributed by atoms with Crippen molar-refractivity contribution >= 4 is 5.69 Å². The Morgan fingerprint density at radius 3 is 2.85 bits per heavy atom. The van der Waals surface area contributed by atoms with Crippen LogP contribution in [0.25, 0.3) is 0 Å². The van der Waals surface area contributed by atoms with E-state index in [1.807, 2.05) is 24.3 Å². The molecule has 0 aliphatic carbocycles. The van der Waals surface area contributed by atoms with Gasteiger partial charge in [0.2, 0.25) is 0 Å². The fourth-order valence-electron chi connectivity index (χ4n) is 1.08. The first-order chi connectivity index (χ1) is 6.38. The molecule has 0 radical (unpaired) electrons. The zero-order valence-corrected chi connectivity index (χ0v) is 7.72. The van der Waals surface area contributed by atoms with Gasteiger partial charge in [-0.1, -0.05) is 12.1 Å². The summed E-state index contributed by atoms with van der Waals surface area (Å²) in [5.41, 5.74) is 0.915. The van der Waals surface area contributed by atoms with Crippen molar-refractivity contribution in [1.29, 1.82) is 0 Å². The zero-order valence-electron chi connectivity index (χ0n) is 7.72. The molecule has 1 aromatic carbocycles. The Morgan fingerprint density at radius 2 is 2.15 bits per heavy atom. The molecule has 1 rings (SSSR count). The van der Waals surface area contributed by atoms with Crippen molar-refractivity contribution in [3.8, 4) is 5.75 Å². The molecule has 0 saturated carbocycles. The van der Waals surface area contributed by atoms with E-state index >= 15 is 0 Å². The molecule has 0 fully saturated rings. The van der Waals surface area contributed by atoms with Crippen LogP contribution in [-0.4, -0.2) is 20.3 Å². The topological polar surface area (TPSA) is 21.3 Å². The van der Waals surface area contributed by atoms with Gasteiger partial charge in [-0.2, -0.15) is 0 Å². The number of para-hydroxylation sites is 2. The van der Waals surface area contributed by atoms with E-state index in [1.165, 1.54) is 0 Å².